The third-order valence-corrected chi connectivity index (χ3v) is 2.56. The third kappa shape index (κ3) is 1.81. The minimum absolute atomic E-state index is 0.587. The van der Waals surface area contributed by atoms with Crippen molar-refractivity contribution in [1.82, 2.24) is 24.5 Å². The standard InChI is InChI=1S/C12H13N5O/c1-3-18-10-5-4-8-11(15-10)16-12(14-8)9-6-17(2)7-13-9/h4-7H,3H2,1-2H3,(H,14,15,16). The maximum Gasteiger partial charge on any atom is 0.215 e. The number of aromatic amines is 1. The lowest BCUT2D eigenvalue weighted by atomic mass is 10.4. The van der Waals surface area contributed by atoms with E-state index in [1.54, 1.807) is 6.33 Å². The van der Waals surface area contributed by atoms with Crippen molar-refractivity contribution in [3.05, 3.63) is 24.7 Å². The number of imidazole rings is 2. The van der Waals surface area contributed by atoms with Gasteiger partial charge in [-0.2, -0.15) is 4.98 Å². The Labute approximate surface area is 104 Å². The zero-order chi connectivity index (χ0) is 12.5. The first kappa shape index (κ1) is 10.8. The van der Waals surface area contributed by atoms with Crippen molar-refractivity contribution in [3.8, 4) is 17.4 Å². The van der Waals surface area contributed by atoms with E-state index in [0.717, 1.165) is 11.2 Å². The molecule has 3 heterocycles. The van der Waals surface area contributed by atoms with Crippen LogP contribution in [0.15, 0.2) is 24.7 Å². The molecular formula is C12H13N5O. The van der Waals surface area contributed by atoms with Crippen molar-refractivity contribution in [1.29, 1.82) is 0 Å². The number of rotatable bonds is 3. The molecule has 18 heavy (non-hydrogen) atoms. The lowest BCUT2D eigenvalue weighted by Gasteiger charge is -1.99. The van der Waals surface area contributed by atoms with Crippen LogP contribution in [-0.4, -0.2) is 31.1 Å². The van der Waals surface area contributed by atoms with Crippen LogP contribution in [-0.2, 0) is 7.05 Å². The van der Waals surface area contributed by atoms with Gasteiger partial charge in [0.15, 0.2) is 11.5 Å². The van der Waals surface area contributed by atoms with Crippen LogP contribution in [0.3, 0.4) is 0 Å². The summed E-state index contributed by atoms with van der Waals surface area (Å²) in [5.41, 5.74) is 2.31. The van der Waals surface area contributed by atoms with Gasteiger partial charge in [0.1, 0.15) is 5.69 Å². The summed E-state index contributed by atoms with van der Waals surface area (Å²) >= 11 is 0. The first-order chi connectivity index (χ1) is 8.76. The lowest BCUT2D eigenvalue weighted by molar-refractivity contribution is 0.328. The Bertz CT molecular complexity index is 685. The van der Waals surface area contributed by atoms with E-state index in [2.05, 4.69) is 19.9 Å². The Hall–Kier alpha value is -2.37. The molecule has 0 unspecified atom stereocenters. The molecule has 6 nitrogen and oxygen atoms in total. The van der Waals surface area contributed by atoms with Gasteiger partial charge in [0.05, 0.1) is 18.5 Å². The summed E-state index contributed by atoms with van der Waals surface area (Å²) in [4.78, 5) is 16.2. The number of hydrogen-bond acceptors (Lipinski definition) is 4. The molecule has 0 fully saturated rings. The Morgan fingerprint density at radius 2 is 2.22 bits per heavy atom. The SMILES string of the molecule is CCOc1ccc2[nH]c(-c3cn(C)cn3)nc2n1. The smallest absolute Gasteiger partial charge is 0.215 e. The molecule has 0 bridgehead atoms. The molecule has 92 valence electrons. The molecule has 1 N–H and O–H groups in total. The summed E-state index contributed by atoms with van der Waals surface area (Å²) < 4.78 is 7.22. The van der Waals surface area contributed by atoms with E-state index >= 15 is 0 Å². The molecule has 3 aromatic heterocycles. The Morgan fingerprint density at radius 1 is 1.33 bits per heavy atom. The topological polar surface area (TPSA) is 68.6 Å². The molecule has 0 saturated carbocycles. The van der Waals surface area contributed by atoms with E-state index in [-0.39, 0.29) is 0 Å². The third-order valence-electron chi connectivity index (χ3n) is 2.56. The van der Waals surface area contributed by atoms with E-state index in [9.17, 15) is 0 Å². The average molecular weight is 243 g/mol. The van der Waals surface area contributed by atoms with Crippen LogP contribution in [0, 0.1) is 0 Å². The van der Waals surface area contributed by atoms with E-state index in [1.807, 2.05) is 36.9 Å². The van der Waals surface area contributed by atoms with Gasteiger partial charge in [0.25, 0.3) is 0 Å². The van der Waals surface area contributed by atoms with Crippen LogP contribution in [0.25, 0.3) is 22.7 Å². The van der Waals surface area contributed by atoms with Gasteiger partial charge >= 0.3 is 0 Å². The Kier molecular flexibility index (Phi) is 2.47. The monoisotopic (exact) mass is 243 g/mol. The molecule has 0 aromatic carbocycles. The predicted octanol–water partition coefficient (Wildman–Crippen LogP) is 1.76. The molecule has 0 atom stereocenters. The van der Waals surface area contributed by atoms with Crippen LogP contribution < -0.4 is 4.74 Å². The van der Waals surface area contributed by atoms with E-state index in [1.165, 1.54) is 0 Å². The van der Waals surface area contributed by atoms with E-state index in [0.29, 0.717) is 24.0 Å². The molecule has 3 aromatic rings. The summed E-state index contributed by atoms with van der Waals surface area (Å²) in [6, 6.07) is 3.74. The van der Waals surface area contributed by atoms with Crippen molar-refractivity contribution in [2.24, 2.45) is 7.05 Å². The molecule has 0 aliphatic carbocycles. The Balaban J connectivity index is 2.05. The highest BCUT2D eigenvalue weighted by Crippen LogP contribution is 2.19. The zero-order valence-corrected chi connectivity index (χ0v) is 10.2. The molecule has 0 amide bonds. The van der Waals surface area contributed by atoms with E-state index < -0.39 is 0 Å². The van der Waals surface area contributed by atoms with Gasteiger partial charge in [-0.05, 0) is 13.0 Å². The van der Waals surface area contributed by atoms with Crippen LogP contribution in [0.5, 0.6) is 5.88 Å². The molecule has 0 radical (unpaired) electrons. The Morgan fingerprint density at radius 3 is 2.94 bits per heavy atom. The van der Waals surface area contributed by atoms with Crippen LogP contribution >= 0.6 is 0 Å². The molecule has 0 aliphatic rings. The van der Waals surface area contributed by atoms with Gasteiger partial charge in [0, 0.05) is 19.3 Å². The summed E-state index contributed by atoms with van der Waals surface area (Å²) in [5.74, 6) is 1.30. The van der Waals surface area contributed by atoms with Gasteiger partial charge in [-0.25, -0.2) is 9.97 Å². The maximum absolute atomic E-state index is 5.35. The fraction of sp³-hybridized carbons (Fsp3) is 0.250. The fourth-order valence-electron chi connectivity index (χ4n) is 1.76. The minimum Gasteiger partial charge on any atom is -0.478 e. The second-order valence-electron chi connectivity index (χ2n) is 3.96. The second-order valence-corrected chi connectivity index (χ2v) is 3.96. The highest BCUT2D eigenvalue weighted by atomic mass is 16.5. The van der Waals surface area contributed by atoms with Gasteiger partial charge < -0.3 is 14.3 Å². The molecule has 0 saturated heterocycles. The number of pyridine rings is 1. The molecule has 6 heteroatoms. The normalized spacial score (nSPS) is 11.0. The number of H-pyrrole nitrogens is 1. The quantitative estimate of drug-likeness (QED) is 0.761. The van der Waals surface area contributed by atoms with Gasteiger partial charge in [-0.1, -0.05) is 0 Å². The van der Waals surface area contributed by atoms with Gasteiger partial charge in [0.2, 0.25) is 5.88 Å². The van der Waals surface area contributed by atoms with Crippen molar-refractivity contribution in [2.75, 3.05) is 6.61 Å². The number of aromatic nitrogens is 5. The predicted molar refractivity (Wildman–Crippen MR) is 67.3 cm³/mol. The van der Waals surface area contributed by atoms with Gasteiger partial charge in [-0.3, -0.25) is 0 Å². The van der Waals surface area contributed by atoms with Crippen molar-refractivity contribution < 1.29 is 4.74 Å². The summed E-state index contributed by atoms with van der Waals surface area (Å²) in [7, 11) is 1.92. The number of nitrogens with one attached hydrogen (secondary N) is 1. The van der Waals surface area contributed by atoms with Crippen molar-refractivity contribution >= 4 is 11.2 Å². The highest BCUT2D eigenvalue weighted by molar-refractivity contribution is 5.75. The van der Waals surface area contributed by atoms with Crippen LogP contribution in [0.1, 0.15) is 6.92 Å². The fourth-order valence-corrected chi connectivity index (χ4v) is 1.76. The molecular weight excluding hydrogens is 230 g/mol. The number of ether oxygens (including phenoxy) is 1. The number of hydrogen-bond donors (Lipinski definition) is 1. The highest BCUT2D eigenvalue weighted by Gasteiger charge is 2.09. The minimum atomic E-state index is 0.587. The summed E-state index contributed by atoms with van der Waals surface area (Å²) in [6.07, 6.45) is 3.64. The summed E-state index contributed by atoms with van der Waals surface area (Å²) in [6.45, 7) is 2.52. The number of nitrogens with zero attached hydrogens (tertiary/aromatic N) is 4. The first-order valence-corrected chi connectivity index (χ1v) is 5.74. The van der Waals surface area contributed by atoms with Crippen molar-refractivity contribution in [3.63, 3.8) is 0 Å². The van der Waals surface area contributed by atoms with E-state index in [4.69, 9.17) is 4.74 Å². The molecule has 3 rings (SSSR count). The molecule has 0 spiro atoms. The van der Waals surface area contributed by atoms with Crippen molar-refractivity contribution in [2.45, 2.75) is 6.92 Å². The average Bonchev–Trinajstić information content (AvgIpc) is 2.94. The number of fused-ring (bicyclic) bond motifs is 1. The zero-order valence-electron chi connectivity index (χ0n) is 10.2. The lowest BCUT2D eigenvalue weighted by Crippen LogP contribution is -1.93. The second kappa shape index (κ2) is 4.14. The molecule has 0 aliphatic heterocycles. The summed E-state index contributed by atoms with van der Waals surface area (Å²) in [5, 5.41) is 0. The first-order valence-electron chi connectivity index (χ1n) is 5.74. The van der Waals surface area contributed by atoms with Crippen LogP contribution in [0.2, 0.25) is 0 Å². The largest absolute Gasteiger partial charge is 0.478 e. The maximum atomic E-state index is 5.35. The number of aryl methyl sites for hydroxylation is 1. The van der Waals surface area contributed by atoms with Crippen LogP contribution in [0.4, 0.5) is 0 Å². The van der Waals surface area contributed by atoms with Gasteiger partial charge in [-0.15, -0.1) is 0 Å².